The van der Waals surface area contributed by atoms with Gasteiger partial charge in [-0.1, -0.05) is 32.0 Å². The lowest BCUT2D eigenvalue weighted by atomic mass is 9.83. The van der Waals surface area contributed by atoms with Crippen LogP contribution in [0.4, 0.5) is 11.6 Å². The Bertz CT molecular complexity index is 1240. The number of aryl methyl sites for hydroxylation is 1. The van der Waals surface area contributed by atoms with Crippen molar-refractivity contribution in [2.75, 3.05) is 37.0 Å². The van der Waals surface area contributed by atoms with Gasteiger partial charge in [0, 0.05) is 31.4 Å². The summed E-state index contributed by atoms with van der Waals surface area (Å²) < 4.78 is 6.35. The molecule has 1 saturated heterocycles. The summed E-state index contributed by atoms with van der Waals surface area (Å²) in [5.74, 6) is 0.333. The van der Waals surface area contributed by atoms with Gasteiger partial charge in [-0.15, -0.1) is 0 Å². The molecule has 1 aliphatic rings. The fourth-order valence-electron chi connectivity index (χ4n) is 4.46. The van der Waals surface area contributed by atoms with Gasteiger partial charge in [-0.2, -0.15) is 0 Å². The maximum atomic E-state index is 13.0. The van der Waals surface area contributed by atoms with E-state index in [0.717, 1.165) is 37.1 Å². The highest BCUT2D eigenvalue weighted by Gasteiger charge is 2.27. The number of carbonyl (C=O) groups is 1. The molecule has 0 saturated carbocycles. The van der Waals surface area contributed by atoms with Gasteiger partial charge >= 0.3 is 0 Å². The molecule has 0 atom stereocenters. The summed E-state index contributed by atoms with van der Waals surface area (Å²) >= 11 is 0. The number of para-hydroxylation sites is 1. The molecule has 7 heteroatoms. The Kier molecular flexibility index (Phi) is 6.93. The molecule has 0 unspecified atom stereocenters. The monoisotopic (exact) mass is 463 g/mol. The standard InChI is InChI=1S/C27H33N3O4/c1-18-15-19(9-12-28-22-8-6-5-7-20(22)26(32)29-33-4)25-21(16-18)23(31)17-24(34-25)30-13-10-27(2,3)11-14-30/h5-8,15-17,28H,9-14H2,1-4H3,(H,29,32). The molecule has 1 amide bonds. The lowest BCUT2D eigenvalue weighted by molar-refractivity contribution is 0.0538. The number of fused-ring (bicyclic) bond motifs is 1. The lowest BCUT2D eigenvalue weighted by Gasteiger charge is -2.37. The van der Waals surface area contributed by atoms with Crippen molar-refractivity contribution < 1.29 is 14.0 Å². The SMILES string of the molecule is CONC(=O)c1ccccc1NCCc1cc(C)cc2c(=O)cc(N3CCC(C)(C)CC3)oc12. The van der Waals surface area contributed by atoms with Crippen molar-refractivity contribution in [1.82, 2.24) is 5.48 Å². The van der Waals surface area contributed by atoms with Crippen LogP contribution in [-0.2, 0) is 11.3 Å². The Morgan fingerprint density at radius 3 is 2.62 bits per heavy atom. The Labute approximate surface area is 200 Å². The van der Waals surface area contributed by atoms with Gasteiger partial charge in [-0.25, -0.2) is 5.48 Å². The number of hydrogen-bond donors (Lipinski definition) is 2. The zero-order valence-corrected chi connectivity index (χ0v) is 20.4. The second kappa shape index (κ2) is 9.89. The van der Waals surface area contributed by atoms with E-state index in [1.807, 2.05) is 31.2 Å². The van der Waals surface area contributed by atoms with E-state index in [-0.39, 0.29) is 11.3 Å². The van der Waals surface area contributed by atoms with Crippen LogP contribution in [0, 0.1) is 12.3 Å². The maximum absolute atomic E-state index is 13.0. The first-order valence-corrected chi connectivity index (χ1v) is 11.8. The zero-order chi connectivity index (χ0) is 24.3. The summed E-state index contributed by atoms with van der Waals surface area (Å²) in [4.78, 5) is 32.2. The van der Waals surface area contributed by atoms with E-state index in [1.165, 1.54) is 7.11 Å². The van der Waals surface area contributed by atoms with Crippen LogP contribution in [0.3, 0.4) is 0 Å². The molecule has 2 aromatic carbocycles. The van der Waals surface area contributed by atoms with Crippen molar-refractivity contribution in [3.63, 3.8) is 0 Å². The Hall–Kier alpha value is -3.32. The third kappa shape index (κ3) is 5.25. The van der Waals surface area contributed by atoms with Gasteiger partial charge < -0.3 is 14.6 Å². The molecule has 4 rings (SSSR count). The summed E-state index contributed by atoms with van der Waals surface area (Å²) in [6.07, 6.45) is 2.77. The molecule has 0 aliphatic carbocycles. The first-order chi connectivity index (χ1) is 16.3. The molecular formula is C27H33N3O4. The van der Waals surface area contributed by atoms with E-state index >= 15 is 0 Å². The molecule has 1 aliphatic heterocycles. The van der Waals surface area contributed by atoms with Gasteiger partial charge in [0.05, 0.1) is 18.1 Å². The Morgan fingerprint density at radius 1 is 1.15 bits per heavy atom. The van der Waals surface area contributed by atoms with Crippen LogP contribution in [0.1, 0.15) is 48.2 Å². The molecule has 34 heavy (non-hydrogen) atoms. The van der Waals surface area contributed by atoms with Gasteiger partial charge in [0.15, 0.2) is 11.3 Å². The average molecular weight is 464 g/mol. The van der Waals surface area contributed by atoms with Crippen LogP contribution >= 0.6 is 0 Å². The Balaban J connectivity index is 1.58. The van der Waals surface area contributed by atoms with E-state index in [0.29, 0.717) is 46.5 Å². The summed E-state index contributed by atoms with van der Waals surface area (Å²) in [7, 11) is 1.41. The predicted molar refractivity (Wildman–Crippen MR) is 136 cm³/mol. The van der Waals surface area contributed by atoms with E-state index in [1.54, 1.807) is 12.1 Å². The molecular weight excluding hydrogens is 430 g/mol. The number of anilines is 2. The van der Waals surface area contributed by atoms with Crippen LogP contribution in [0.15, 0.2) is 51.7 Å². The van der Waals surface area contributed by atoms with Gasteiger partial charge in [-0.3, -0.25) is 14.4 Å². The topological polar surface area (TPSA) is 83.8 Å². The summed E-state index contributed by atoms with van der Waals surface area (Å²) in [6.45, 7) is 8.88. The normalized spacial score (nSPS) is 15.4. The first-order valence-electron chi connectivity index (χ1n) is 11.8. The van der Waals surface area contributed by atoms with Crippen LogP contribution in [0.25, 0.3) is 11.0 Å². The molecule has 180 valence electrons. The number of carbonyl (C=O) groups excluding carboxylic acids is 1. The fourth-order valence-corrected chi connectivity index (χ4v) is 4.46. The smallest absolute Gasteiger partial charge is 0.276 e. The van der Waals surface area contributed by atoms with Crippen molar-refractivity contribution in [3.8, 4) is 0 Å². The molecule has 2 heterocycles. The van der Waals surface area contributed by atoms with Crippen LogP contribution in [-0.4, -0.2) is 32.7 Å². The van der Waals surface area contributed by atoms with Crippen LogP contribution < -0.4 is 21.1 Å². The number of nitrogens with zero attached hydrogens (tertiary/aromatic N) is 1. The van der Waals surface area contributed by atoms with Gasteiger partial charge in [-0.05, 0) is 60.9 Å². The van der Waals surface area contributed by atoms with Crippen molar-refractivity contribution >= 4 is 28.4 Å². The quantitative estimate of drug-likeness (QED) is 0.495. The molecule has 1 aromatic heterocycles. The molecule has 0 spiro atoms. The van der Waals surface area contributed by atoms with Crippen LogP contribution in [0.2, 0.25) is 0 Å². The largest absolute Gasteiger partial charge is 0.440 e. The van der Waals surface area contributed by atoms with Crippen molar-refractivity contribution in [2.24, 2.45) is 5.41 Å². The van der Waals surface area contributed by atoms with E-state index in [4.69, 9.17) is 9.25 Å². The second-order valence-electron chi connectivity index (χ2n) is 9.76. The summed E-state index contributed by atoms with van der Waals surface area (Å²) in [5.41, 5.74) is 6.51. The third-order valence-corrected chi connectivity index (χ3v) is 6.54. The molecule has 1 fully saturated rings. The first kappa shape index (κ1) is 23.8. The van der Waals surface area contributed by atoms with Crippen LogP contribution in [0.5, 0.6) is 0 Å². The molecule has 7 nitrogen and oxygen atoms in total. The predicted octanol–water partition coefficient (Wildman–Crippen LogP) is 4.67. The number of hydrogen-bond acceptors (Lipinski definition) is 6. The molecule has 0 bridgehead atoms. The highest BCUT2D eigenvalue weighted by atomic mass is 16.6. The van der Waals surface area contributed by atoms with Gasteiger partial charge in [0.1, 0.15) is 5.58 Å². The molecule has 2 N–H and O–H groups in total. The highest BCUT2D eigenvalue weighted by molar-refractivity contribution is 5.99. The maximum Gasteiger partial charge on any atom is 0.276 e. The van der Waals surface area contributed by atoms with E-state index in [2.05, 4.69) is 35.6 Å². The molecule has 0 radical (unpaired) electrons. The number of piperidine rings is 1. The molecule has 3 aromatic rings. The number of benzene rings is 2. The van der Waals surface area contributed by atoms with E-state index < -0.39 is 0 Å². The fraction of sp³-hybridized carbons (Fsp3) is 0.407. The zero-order valence-electron chi connectivity index (χ0n) is 20.4. The summed E-state index contributed by atoms with van der Waals surface area (Å²) in [6, 6.07) is 12.9. The number of amides is 1. The van der Waals surface area contributed by atoms with Crippen molar-refractivity contribution in [1.29, 1.82) is 0 Å². The summed E-state index contributed by atoms with van der Waals surface area (Å²) in [5, 5.41) is 3.95. The number of nitrogens with one attached hydrogen (secondary N) is 2. The highest BCUT2D eigenvalue weighted by Crippen LogP contribution is 2.33. The second-order valence-corrected chi connectivity index (χ2v) is 9.76. The minimum absolute atomic E-state index is 0.0134. The van der Waals surface area contributed by atoms with E-state index in [9.17, 15) is 9.59 Å². The van der Waals surface area contributed by atoms with Gasteiger partial charge in [0.25, 0.3) is 5.91 Å². The van der Waals surface area contributed by atoms with Gasteiger partial charge in [0.2, 0.25) is 0 Å². The average Bonchev–Trinajstić information content (AvgIpc) is 2.80. The number of hydroxylamine groups is 1. The Morgan fingerprint density at radius 2 is 1.88 bits per heavy atom. The lowest BCUT2D eigenvalue weighted by Crippen LogP contribution is -2.37. The minimum Gasteiger partial charge on any atom is -0.440 e. The van der Waals surface area contributed by atoms with Crippen molar-refractivity contribution in [3.05, 3.63) is 69.4 Å². The number of rotatable bonds is 7. The third-order valence-electron chi connectivity index (χ3n) is 6.54. The minimum atomic E-state index is -0.313. The van der Waals surface area contributed by atoms with Crippen molar-refractivity contribution in [2.45, 2.75) is 40.0 Å².